The third kappa shape index (κ3) is 4.47. The molecular formula is C27H23ClFN7O2. The van der Waals surface area contributed by atoms with Gasteiger partial charge in [0.15, 0.2) is 5.82 Å². The second-order valence-corrected chi connectivity index (χ2v) is 9.75. The first kappa shape index (κ1) is 24.1. The number of amides is 1. The molecule has 1 aliphatic carbocycles. The van der Waals surface area contributed by atoms with Crippen LogP contribution in [0.1, 0.15) is 42.1 Å². The summed E-state index contributed by atoms with van der Waals surface area (Å²) in [5, 5.41) is 20.4. The molecule has 1 aliphatic rings. The minimum absolute atomic E-state index is 0.0796. The third-order valence-electron chi connectivity index (χ3n) is 6.88. The molecule has 2 aromatic carbocycles. The van der Waals surface area contributed by atoms with E-state index < -0.39 is 5.91 Å². The molecule has 2 atom stereocenters. The average Bonchev–Trinajstić information content (AvgIpc) is 3.58. The molecule has 0 unspecified atom stereocenters. The molecule has 5 aromatic rings. The lowest BCUT2D eigenvalue weighted by Crippen LogP contribution is -2.39. The number of nitrogens with one attached hydrogen (secondary N) is 2. The van der Waals surface area contributed by atoms with Crippen LogP contribution in [0.25, 0.3) is 33.9 Å². The molecule has 11 heteroatoms. The number of rotatable bonds is 5. The van der Waals surface area contributed by atoms with E-state index in [9.17, 15) is 14.3 Å². The van der Waals surface area contributed by atoms with Crippen LogP contribution in [0.5, 0.6) is 5.75 Å². The fraction of sp³-hybridized carbons (Fsp3) is 0.222. The third-order valence-corrected chi connectivity index (χ3v) is 7.12. The van der Waals surface area contributed by atoms with E-state index in [1.54, 1.807) is 24.4 Å². The summed E-state index contributed by atoms with van der Waals surface area (Å²) in [5.41, 5.74) is 2.48. The van der Waals surface area contributed by atoms with Gasteiger partial charge >= 0.3 is 0 Å². The summed E-state index contributed by atoms with van der Waals surface area (Å²) in [5.74, 6) is 0.0484. The maximum atomic E-state index is 15.0. The van der Waals surface area contributed by atoms with Gasteiger partial charge in [-0.2, -0.15) is 5.10 Å². The SMILES string of the molecule is O=C(N[C@H]1CCC[C@@H](n2c(-c3ccccc3F)nc3cnc(-c4nc[nH]n4)cc32)C1)c1cc(Cl)ccc1O. The minimum Gasteiger partial charge on any atom is -0.507 e. The van der Waals surface area contributed by atoms with Crippen LogP contribution >= 0.6 is 11.6 Å². The van der Waals surface area contributed by atoms with Gasteiger partial charge in [0.05, 0.1) is 22.8 Å². The second kappa shape index (κ2) is 9.86. The Bertz CT molecular complexity index is 1640. The first-order valence-electron chi connectivity index (χ1n) is 12.3. The van der Waals surface area contributed by atoms with Crippen LogP contribution in [0.4, 0.5) is 4.39 Å². The Labute approximate surface area is 221 Å². The van der Waals surface area contributed by atoms with Gasteiger partial charge in [0.25, 0.3) is 5.91 Å². The van der Waals surface area contributed by atoms with Crippen molar-refractivity contribution < 1.29 is 14.3 Å². The highest BCUT2D eigenvalue weighted by atomic mass is 35.5. The number of carbonyl (C=O) groups excluding carboxylic acids is 1. The van der Waals surface area contributed by atoms with E-state index in [0.717, 1.165) is 24.8 Å². The zero-order valence-electron chi connectivity index (χ0n) is 20.1. The first-order chi connectivity index (χ1) is 18.5. The molecule has 1 fully saturated rings. The Hall–Kier alpha value is -4.31. The van der Waals surface area contributed by atoms with Crippen molar-refractivity contribution in [3.05, 3.63) is 77.5 Å². The largest absolute Gasteiger partial charge is 0.507 e. The molecule has 0 bridgehead atoms. The minimum atomic E-state index is -0.392. The van der Waals surface area contributed by atoms with E-state index in [-0.39, 0.29) is 29.2 Å². The number of fused-ring (bicyclic) bond motifs is 1. The summed E-state index contributed by atoms with van der Waals surface area (Å²) < 4.78 is 17.0. The summed E-state index contributed by atoms with van der Waals surface area (Å²) in [4.78, 5) is 26.4. The second-order valence-electron chi connectivity index (χ2n) is 9.32. The monoisotopic (exact) mass is 531 g/mol. The number of benzene rings is 2. The van der Waals surface area contributed by atoms with Gasteiger partial charge < -0.3 is 15.0 Å². The van der Waals surface area contributed by atoms with E-state index in [1.807, 2.05) is 10.6 Å². The number of nitrogens with zero attached hydrogens (tertiary/aromatic N) is 5. The molecular weight excluding hydrogens is 509 g/mol. The summed E-state index contributed by atoms with van der Waals surface area (Å²) in [7, 11) is 0. The number of pyridine rings is 1. The van der Waals surface area contributed by atoms with Crippen molar-refractivity contribution in [2.45, 2.75) is 37.8 Å². The number of carbonyl (C=O) groups is 1. The normalized spacial score (nSPS) is 17.5. The smallest absolute Gasteiger partial charge is 0.255 e. The highest BCUT2D eigenvalue weighted by Crippen LogP contribution is 2.37. The lowest BCUT2D eigenvalue weighted by atomic mass is 9.90. The number of imidazole rings is 1. The Morgan fingerprint density at radius 1 is 1.16 bits per heavy atom. The van der Waals surface area contributed by atoms with E-state index >= 15 is 0 Å². The van der Waals surface area contributed by atoms with Crippen molar-refractivity contribution in [3.63, 3.8) is 0 Å². The Morgan fingerprint density at radius 3 is 2.84 bits per heavy atom. The van der Waals surface area contributed by atoms with Gasteiger partial charge in [-0.05, 0) is 62.1 Å². The fourth-order valence-electron chi connectivity index (χ4n) is 5.14. The van der Waals surface area contributed by atoms with Crippen LogP contribution in [0.2, 0.25) is 5.02 Å². The highest BCUT2D eigenvalue weighted by Gasteiger charge is 2.29. The van der Waals surface area contributed by atoms with Crippen molar-refractivity contribution in [1.82, 2.24) is 35.0 Å². The van der Waals surface area contributed by atoms with Crippen LogP contribution in [0.3, 0.4) is 0 Å². The van der Waals surface area contributed by atoms with Gasteiger partial charge in [-0.25, -0.2) is 14.4 Å². The van der Waals surface area contributed by atoms with Crippen molar-refractivity contribution in [2.75, 3.05) is 0 Å². The standard InChI is InChI=1S/C27H23ClFN7O2/c28-15-8-9-24(37)19(10-15)27(38)33-16-4-3-5-17(11-16)36-23-12-21(25-31-14-32-35-25)30-13-22(23)34-26(36)18-6-1-2-7-20(18)29/h1-2,6-10,12-14,16-17,37H,3-5,11H2,(H,33,38)(H,31,32,35)/t16-,17+/m0/s1. The Balaban J connectivity index is 1.39. The van der Waals surface area contributed by atoms with Crippen LogP contribution in [-0.2, 0) is 0 Å². The number of aromatic nitrogens is 6. The summed E-state index contributed by atoms with van der Waals surface area (Å²) in [6.07, 6.45) is 6.15. The first-order valence-corrected chi connectivity index (χ1v) is 12.6. The fourth-order valence-corrected chi connectivity index (χ4v) is 5.31. The van der Waals surface area contributed by atoms with Gasteiger partial charge in [-0.15, -0.1) is 0 Å². The number of aromatic hydroxyl groups is 1. The van der Waals surface area contributed by atoms with Crippen molar-refractivity contribution in [3.8, 4) is 28.7 Å². The topological polar surface area (TPSA) is 122 Å². The molecule has 192 valence electrons. The van der Waals surface area contributed by atoms with Crippen molar-refractivity contribution in [1.29, 1.82) is 0 Å². The number of phenolic OH excluding ortho intramolecular Hbond substituents is 1. The molecule has 0 saturated heterocycles. The number of H-pyrrole nitrogens is 1. The highest BCUT2D eigenvalue weighted by molar-refractivity contribution is 6.31. The van der Waals surface area contributed by atoms with Gasteiger partial charge in [-0.3, -0.25) is 14.9 Å². The van der Waals surface area contributed by atoms with Crippen LogP contribution in [-0.4, -0.2) is 46.8 Å². The molecule has 0 radical (unpaired) electrons. The zero-order chi connectivity index (χ0) is 26.2. The average molecular weight is 532 g/mol. The number of halogens is 2. The molecule has 9 nitrogen and oxygen atoms in total. The van der Waals surface area contributed by atoms with Crippen molar-refractivity contribution >= 4 is 28.5 Å². The van der Waals surface area contributed by atoms with Gasteiger partial charge in [0.1, 0.15) is 34.9 Å². The Kier molecular flexibility index (Phi) is 6.24. The predicted octanol–water partition coefficient (Wildman–Crippen LogP) is 5.30. The van der Waals surface area contributed by atoms with Crippen LogP contribution < -0.4 is 5.32 Å². The van der Waals surface area contributed by atoms with Gasteiger partial charge in [0, 0.05) is 17.1 Å². The molecule has 0 spiro atoms. The maximum Gasteiger partial charge on any atom is 0.255 e. The molecule has 6 rings (SSSR count). The quantitative estimate of drug-likeness (QED) is 0.283. The van der Waals surface area contributed by atoms with E-state index in [4.69, 9.17) is 16.6 Å². The summed E-state index contributed by atoms with van der Waals surface area (Å²) >= 11 is 6.04. The number of hydrogen-bond donors (Lipinski definition) is 3. The number of phenols is 1. The van der Waals surface area contributed by atoms with Gasteiger partial charge in [0.2, 0.25) is 0 Å². The molecule has 3 heterocycles. The lowest BCUT2D eigenvalue weighted by molar-refractivity contribution is 0.0918. The van der Waals surface area contributed by atoms with Crippen LogP contribution in [0.15, 0.2) is 61.1 Å². The molecule has 0 aliphatic heterocycles. The van der Waals surface area contributed by atoms with E-state index in [1.165, 1.54) is 30.6 Å². The zero-order valence-corrected chi connectivity index (χ0v) is 20.9. The maximum absolute atomic E-state index is 15.0. The van der Waals surface area contributed by atoms with E-state index in [2.05, 4.69) is 25.5 Å². The molecule has 1 saturated carbocycles. The summed E-state index contributed by atoms with van der Waals surface area (Å²) in [6.45, 7) is 0. The molecule has 1 amide bonds. The molecule has 3 N–H and O–H groups in total. The molecule has 38 heavy (non-hydrogen) atoms. The van der Waals surface area contributed by atoms with E-state index in [0.29, 0.717) is 39.9 Å². The molecule has 3 aromatic heterocycles. The summed E-state index contributed by atoms with van der Waals surface area (Å²) in [6, 6.07) is 12.5. The van der Waals surface area contributed by atoms with Crippen molar-refractivity contribution in [2.24, 2.45) is 0 Å². The number of aromatic amines is 1. The predicted molar refractivity (Wildman–Crippen MR) is 140 cm³/mol. The van der Waals surface area contributed by atoms with Crippen LogP contribution in [0, 0.1) is 5.82 Å². The van der Waals surface area contributed by atoms with Gasteiger partial charge in [-0.1, -0.05) is 23.7 Å². The number of hydrogen-bond acceptors (Lipinski definition) is 6. The Morgan fingerprint density at radius 2 is 2.03 bits per heavy atom. The lowest BCUT2D eigenvalue weighted by Gasteiger charge is -2.32.